The molecule has 0 atom stereocenters. The number of imidazole rings is 1. The van der Waals surface area contributed by atoms with Crippen molar-refractivity contribution in [1.82, 2.24) is 24.2 Å². The number of sulfonamides is 1. The number of carbonyl (C=O) groups is 1. The lowest BCUT2D eigenvalue weighted by Crippen LogP contribution is -2.37. The van der Waals surface area contributed by atoms with E-state index in [4.69, 9.17) is 0 Å². The zero-order valence-electron chi connectivity index (χ0n) is 13.2. The van der Waals surface area contributed by atoms with Gasteiger partial charge in [-0.1, -0.05) is 0 Å². The summed E-state index contributed by atoms with van der Waals surface area (Å²) in [4.78, 5) is 20.2. The first-order valence-electron chi connectivity index (χ1n) is 6.90. The maximum absolute atomic E-state index is 11.8. The van der Waals surface area contributed by atoms with Crippen LogP contribution in [0.1, 0.15) is 11.4 Å². The minimum atomic E-state index is -3.37. The van der Waals surface area contributed by atoms with Gasteiger partial charge in [0.05, 0.1) is 12.8 Å². The highest BCUT2D eigenvalue weighted by Gasteiger charge is 2.14. The molecule has 1 N–H and O–H groups in total. The van der Waals surface area contributed by atoms with Crippen LogP contribution in [0, 0.1) is 6.92 Å². The van der Waals surface area contributed by atoms with Crippen LogP contribution in [0.4, 0.5) is 0 Å². The van der Waals surface area contributed by atoms with Gasteiger partial charge in [0.25, 0.3) is 0 Å². The lowest BCUT2D eigenvalue weighted by molar-refractivity contribution is -0.121. The standard InChI is InChI=1S/C14H19N5O3S/c1-11-15-6-7-19(11)13-8-12(4-5-16-13)9-17-14(20)10-18(2)23(3,21)22/h4-8H,9-10H2,1-3H3,(H,17,20). The van der Waals surface area contributed by atoms with Crippen LogP contribution < -0.4 is 5.32 Å². The number of nitrogens with zero attached hydrogens (tertiary/aromatic N) is 4. The van der Waals surface area contributed by atoms with Gasteiger partial charge < -0.3 is 5.32 Å². The SMILES string of the molecule is Cc1nccn1-c1cc(CNC(=O)CN(C)S(C)(=O)=O)ccn1. The molecular weight excluding hydrogens is 318 g/mol. The molecule has 0 aliphatic carbocycles. The van der Waals surface area contributed by atoms with Crippen LogP contribution >= 0.6 is 0 Å². The van der Waals surface area contributed by atoms with Crippen molar-refractivity contribution in [1.29, 1.82) is 0 Å². The number of likely N-dealkylation sites (N-methyl/N-ethyl adjacent to an activating group) is 1. The van der Waals surface area contributed by atoms with Gasteiger partial charge in [0.1, 0.15) is 11.6 Å². The smallest absolute Gasteiger partial charge is 0.235 e. The van der Waals surface area contributed by atoms with Crippen molar-refractivity contribution >= 4 is 15.9 Å². The quantitative estimate of drug-likeness (QED) is 0.805. The Bertz CT molecular complexity index is 800. The molecule has 0 bridgehead atoms. The van der Waals surface area contributed by atoms with E-state index in [0.717, 1.165) is 21.9 Å². The van der Waals surface area contributed by atoms with Gasteiger partial charge in [-0.3, -0.25) is 9.36 Å². The summed E-state index contributed by atoms with van der Waals surface area (Å²) in [6.07, 6.45) is 6.20. The number of hydrogen-bond donors (Lipinski definition) is 1. The summed E-state index contributed by atoms with van der Waals surface area (Å²) in [6.45, 7) is 1.95. The number of hydrogen-bond acceptors (Lipinski definition) is 5. The molecule has 1 amide bonds. The molecule has 0 aromatic carbocycles. The number of carbonyl (C=O) groups excluding carboxylic acids is 1. The van der Waals surface area contributed by atoms with Gasteiger partial charge in [-0.15, -0.1) is 0 Å². The molecule has 0 saturated carbocycles. The highest BCUT2D eigenvalue weighted by molar-refractivity contribution is 7.88. The van der Waals surface area contributed by atoms with Crippen molar-refractivity contribution in [2.75, 3.05) is 19.8 Å². The second-order valence-electron chi connectivity index (χ2n) is 5.16. The van der Waals surface area contributed by atoms with Crippen LogP contribution in [0.3, 0.4) is 0 Å². The predicted molar refractivity (Wildman–Crippen MR) is 85.4 cm³/mol. The molecule has 23 heavy (non-hydrogen) atoms. The second-order valence-corrected chi connectivity index (χ2v) is 7.25. The molecule has 2 rings (SSSR count). The zero-order valence-corrected chi connectivity index (χ0v) is 14.0. The first-order valence-corrected chi connectivity index (χ1v) is 8.75. The number of pyridine rings is 1. The molecule has 9 heteroatoms. The van der Waals surface area contributed by atoms with E-state index in [9.17, 15) is 13.2 Å². The van der Waals surface area contributed by atoms with Crippen LogP contribution in [0.2, 0.25) is 0 Å². The Balaban J connectivity index is 1.99. The predicted octanol–water partition coefficient (Wildman–Crippen LogP) is 0.0833. The molecule has 0 fully saturated rings. The molecule has 0 spiro atoms. The van der Waals surface area contributed by atoms with Crippen LogP contribution in [0.5, 0.6) is 0 Å². The molecule has 0 unspecified atom stereocenters. The molecular formula is C14H19N5O3S. The largest absolute Gasteiger partial charge is 0.351 e. The Kier molecular flexibility index (Phi) is 5.12. The third kappa shape index (κ3) is 4.60. The zero-order chi connectivity index (χ0) is 17.0. The summed E-state index contributed by atoms with van der Waals surface area (Å²) in [5, 5.41) is 2.69. The third-order valence-corrected chi connectivity index (χ3v) is 4.57. The average molecular weight is 337 g/mol. The van der Waals surface area contributed by atoms with E-state index in [1.165, 1.54) is 7.05 Å². The number of aryl methyl sites for hydroxylation is 1. The van der Waals surface area contributed by atoms with Crippen molar-refractivity contribution in [2.24, 2.45) is 0 Å². The van der Waals surface area contributed by atoms with Gasteiger partial charge in [0.2, 0.25) is 15.9 Å². The highest BCUT2D eigenvalue weighted by Crippen LogP contribution is 2.09. The molecule has 0 aliphatic heterocycles. The summed E-state index contributed by atoms with van der Waals surface area (Å²) < 4.78 is 25.4. The minimum Gasteiger partial charge on any atom is -0.351 e. The molecule has 2 aromatic rings. The van der Waals surface area contributed by atoms with Gasteiger partial charge in [-0.2, -0.15) is 4.31 Å². The maximum atomic E-state index is 11.8. The van der Waals surface area contributed by atoms with Crippen LogP contribution in [-0.4, -0.2) is 53.0 Å². The highest BCUT2D eigenvalue weighted by atomic mass is 32.2. The van der Waals surface area contributed by atoms with E-state index in [1.807, 2.05) is 17.6 Å². The van der Waals surface area contributed by atoms with Gasteiger partial charge in [0, 0.05) is 32.2 Å². The van der Waals surface area contributed by atoms with Crippen LogP contribution in [-0.2, 0) is 21.4 Å². The Hall–Kier alpha value is -2.26. The Morgan fingerprint density at radius 2 is 2.09 bits per heavy atom. The van der Waals surface area contributed by atoms with E-state index in [-0.39, 0.29) is 12.5 Å². The molecule has 2 aromatic heterocycles. The average Bonchev–Trinajstić information content (AvgIpc) is 2.90. The molecule has 124 valence electrons. The normalized spacial score (nSPS) is 11.7. The molecule has 2 heterocycles. The van der Waals surface area contributed by atoms with Crippen molar-refractivity contribution < 1.29 is 13.2 Å². The fourth-order valence-electron chi connectivity index (χ4n) is 1.90. The van der Waals surface area contributed by atoms with Gasteiger partial charge in [0.15, 0.2) is 0 Å². The monoisotopic (exact) mass is 337 g/mol. The Morgan fingerprint density at radius 1 is 1.35 bits per heavy atom. The summed E-state index contributed by atoms with van der Waals surface area (Å²) in [5.41, 5.74) is 0.860. The first-order chi connectivity index (χ1) is 10.8. The molecule has 8 nitrogen and oxygen atoms in total. The van der Waals surface area contributed by atoms with E-state index in [1.54, 1.807) is 24.7 Å². The fourth-order valence-corrected chi connectivity index (χ4v) is 2.25. The summed E-state index contributed by atoms with van der Waals surface area (Å²) >= 11 is 0. The summed E-state index contributed by atoms with van der Waals surface area (Å²) in [5.74, 6) is 1.16. The van der Waals surface area contributed by atoms with E-state index in [2.05, 4.69) is 15.3 Å². The van der Waals surface area contributed by atoms with Crippen LogP contribution in [0.15, 0.2) is 30.7 Å². The molecule has 0 saturated heterocycles. The van der Waals surface area contributed by atoms with Crippen molar-refractivity contribution in [2.45, 2.75) is 13.5 Å². The lowest BCUT2D eigenvalue weighted by Gasteiger charge is -2.14. The van der Waals surface area contributed by atoms with Crippen molar-refractivity contribution in [3.8, 4) is 5.82 Å². The van der Waals surface area contributed by atoms with Crippen molar-refractivity contribution in [3.05, 3.63) is 42.1 Å². The second kappa shape index (κ2) is 6.88. The van der Waals surface area contributed by atoms with Gasteiger partial charge in [-0.05, 0) is 24.6 Å². The fraction of sp³-hybridized carbons (Fsp3) is 0.357. The number of nitrogens with one attached hydrogen (secondary N) is 1. The Labute approximate surface area is 135 Å². The van der Waals surface area contributed by atoms with E-state index in [0.29, 0.717) is 12.4 Å². The van der Waals surface area contributed by atoms with Gasteiger partial charge >= 0.3 is 0 Å². The van der Waals surface area contributed by atoms with E-state index >= 15 is 0 Å². The molecule has 0 aliphatic rings. The maximum Gasteiger partial charge on any atom is 0.235 e. The molecule has 0 radical (unpaired) electrons. The first kappa shape index (κ1) is 17.1. The summed E-state index contributed by atoms with van der Waals surface area (Å²) in [6, 6.07) is 3.63. The third-order valence-electron chi connectivity index (χ3n) is 3.30. The Morgan fingerprint density at radius 3 is 2.70 bits per heavy atom. The number of aromatic nitrogens is 3. The van der Waals surface area contributed by atoms with E-state index < -0.39 is 10.0 Å². The number of rotatable bonds is 6. The van der Waals surface area contributed by atoms with Gasteiger partial charge in [-0.25, -0.2) is 18.4 Å². The lowest BCUT2D eigenvalue weighted by atomic mass is 10.2. The topological polar surface area (TPSA) is 97.2 Å². The summed E-state index contributed by atoms with van der Waals surface area (Å²) in [7, 11) is -2.01. The minimum absolute atomic E-state index is 0.211. The number of amides is 1. The van der Waals surface area contributed by atoms with Crippen molar-refractivity contribution in [3.63, 3.8) is 0 Å². The van der Waals surface area contributed by atoms with Crippen LogP contribution in [0.25, 0.3) is 5.82 Å².